The summed E-state index contributed by atoms with van der Waals surface area (Å²) < 4.78 is 2.18. The number of imidazole rings is 1. The van der Waals surface area contributed by atoms with E-state index >= 15 is 0 Å². The monoisotopic (exact) mass is 239 g/mol. The predicted molar refractivity (Wildman–Crippen MR) is 70.1 cm³/mol. The fourth-order valence-corrected chi connectivity index (χ4v) is 2.00. The minimum atomic E-state index is 0.164. The molecule has 1 aromatic rings. The van der Waals surface area contributed by atoms with E-state index in [1.807, 2.05) is 12.4 Å². The van der Waals surface area contributed by atoms with Crippen LogP contribution in [0.25, 0.3) is 0 Å². The molecule has 1 rings (SSSR count). The molecule has 0 spiro atoms. The molecule has 0 aliphatic rings. The van der Waals surface area contributed by atoms with Crippen molar-refractivity contribution in [1.29, 1.82) is 0 Å². The number of rotatable bonds is 7. The predicted octanol–water partition coefficient (Wildman–Crippen LogP) is 1.76. The summed E-state index contributed by atoms with van der Waals surface area (Å²) in [7, 11) is 0. The van der Waals surface area contributed by atoms with E-state index in [4.69, 9.17) is 0 Å². The van der Waals surface area contributed by atoms with Crippen LogP contribution < -0.4 is 5.32 Å². The molecule has 0 saturated heterocycles. The van der Waals surface area contributed by atoms with Gasteiger partial charge in [0.15, 0.2) is 0 Å². The average molecular weight is 239 g/mol. The van der Waals surface area contributed by atoms with Gasteiger partial charge in [-0.15, -0.1) is 0 Å². The Kier molecular flexibility index (Phi) is 5.65. The Hall–Kier alpha value is -0.870. The molecular formula is C13H25N3O. The van der Waals surface area contributed by atoms with Crippen LogP contribution in [0.4, 0.5) is 0 Å². The summed E-state index contributed by atoms with van der Waals surface area (Å²) in [4.78, 5) is 4.36. The topological polar surface area (TPSA) is 50.1 Å². The molecule has 0 amide bonds. The molecule has 1 unspecified atom stereocenters. The summed E-state index contributed by atoms with van der Waals surface area (Å²) in [5.74, 6) is 1.56. The van der Waals surface area contributed by atoms with E-state index < -0.39 is 0 Å². The molecule has 4 heteroatoms. The summed E-state index contributed by atoms with van der Waals surface area (Å²) >= 11 is 0. The molecule has 0 aromatic carbocycles. The van der Waals surface area contributed by atoms with Crippen LogP contribution >= 0.6 is 0 Å². The second-order valence-electron chi connectivity index (χ2n) is 5.12. The number of nitrogens with zero attached hydrogens (tertiary/aromatic N) is 2. The van der Waals surface area contributed by atoms with Crippen LogP contribution in [0.3, 0.4) is 0 Å². The first-order chi connectivity index (χ1) is 8.04. The van der Waals surface area contributed by atoms with Crippen molar-refractivity contribution in [1.82, 2.24) is 14.9 Å². The van der Waals surface area contributed by atoms with E-state index in [0.29, 0.717) is 12.0 Å². The molecule has 0 saturated carbocycles. The van der Waals surface area contributed by atoms with Crippen molar-refractivity contribution in [2.24, 2.45) is 0 Å². The van der Waals surface area contributed by atoms with Crippen LogP contribution in [0.2, 0.25) is 0 Å². The first-order valence-electron chi connectivity index (χ1n) is 6.42. The molecule has 98 valence electrons. The van der Waals surface area contributed by atoms with Crippen LogP contribution in [0.15, 0.2) is 12.4 Å². The highest BCUT2D eigenvalue weighted by molar-refractivity contribution is 4.97. The number of aromatic nitrogens is 2. The minimum Gasteiger partial charge on any atom is -0.395 e. The molecule has 0 fully saturated rings. The smallest absolute Gasteiger partial charge is 0.111 e. The van der Waals surface area contributed by atoms with Gasteiger partial charge < -0.3 is 15.0 Å². The summed E-state index contributed by atoms with van der Waals surface area (Å²) in [6.07, 6.45) is 4.78. The van der Waals surface area contributed by atoms with Crippen molar-refractivity contribution in [2.75, 3.05) is 6.61 Å². The third-order valence-electron chi connectivity index (χ3n) is 2.77. The lowest BCUT2D eigenvalue weighted by Gasteiger charge is -2.20. The summed E-state index contributed by atoms with van der Waals surface area (Å²) in [5, 5.41) is 12.7. The molecule has 2 N–H and O–H groups in total. The molecule has 0 radical (unpaired) electrons. The van der Waals surface area contributed by atoms with Gasteiger partial charge in [-0.2, -0.15) is 0 Å². The summed E-state index contributed by atoms with van der Waals surface area (Å²) in [6.45, 7) is 9.57. The maximum atomic E-state index is 9.29. The quantitative estimate of drug-likeness (QED) is 0.762. The number of hydrogen-bond donors (Lipinski definition) is 2. The first kappa shape index (κ1) is 14.2. The van der Waals surface area contributed by atoms with E-state index in [1.165, 1.54) is 0 Å². The zero-order valence-electron chi connectivity index (χ0n) is 11.3. The zero-order chi connectivity index (χ0) is 12.8. The Morgan fingerprint density at radius 3 is 2.59 bits per heavy atom. The molecular weight excluding hydrogens is 214 g/mol. The van der Waals surface area contributed by atoms with Crippen molar-refractivity contribution < 1.29 is 5.11 Å². The van der Waals surface area contributed by atoms with Gasteiger partial charge in [0.05, 0.1) is 6.61 Å². The lowest BCUT2D eigenvalue weighted by atomic mass is 10.1. The zero-order valence-corrected chi connectivity index (χ0v) is 11.3. The number of hydrogen-bond acceptors (Lipinski definition) is 3. The number of nitrogens with one attached hydrogen (secondary N) is 1. The Morgan fingerprint density at radius 1 is 1.35 bits per heavy atom. The molecule has 0 aliphatic carbocycles. The Labute approximate surface area is 104 Å². The number of aryl methyl sites for hydroxylation is 1. The van der Waals surface area contributed by atoms with E-state index in [0.717, 1.165) is 18.8 Å². The van der Waals surface area contributed by atoms with Gasteiger partial charge in [-0.25, -0.2) is 4.98 Å². The average Bonchev–Trinajstić information content (AvgIpc) is 2.71. The fraction of sp³-hybridized carbons (Fsp3) is 0.769. The largest absolute Gasteiger partial charge is 0.395 e. The number of aliphatic hydroxyl groups is 1. The Balaban J connectivity index is 2.50. The van der Waals surface area contributed by atoms with Gasteiger partial charge in [-0.05, 0) is 6.42 Å². The van der Waals surface area contributed by atoms with Gasteiger partial charge >= 0.3 is 0 Å². The standard InChI is InChI=1S/C13H25N3O/c1-10(2)13-14-6-8-16(13)7-5-12(9-17)15-11(3)4/h6,8,10-12,15,17H,5,7,9H2,1-4H3. The second-order valence-corrected chi connectivity index (χ2v) is 5.12. The SMILES string of the molecule is CC(C)NC(CO)CCn1ccnc1C(C)C. The van der Waals surface area contributed by atoms with Crippen LogP contribution in [-0.2, 0) is 6.54 Å². The van der Waals surface area contributed by atoms with Crippen molar-refractivity contribution in [3.63, 3.8) is 0 Å². The van der Waals surface area contributed by atoms with Crippen molar-refractivity contribution in [3.8, 4) is 0 Å². The highest BCUT2D eigenvalue weighted by atomic mass is 16.3. The molecule has 1 atom stereocenters. The third-order valence-corrected chi connectivity index (χ3v) is 2.77. The van der Waals surface area contributed by atoms with E-state index in [2.05, 4.69) is 42.6 Å². The molecule has 0 aliphatic heterocycles. The van der Waals surface area contributed by atoms with Crippen LogP contribution in [0, 0.1) is 0 Å². The Bertz CT molecular complexity index is 320. The minimum absolute atomic E-state index is 0.164. The van der Waals surface area contributed by atoms with Crippen LogP contribution in [-0.4, -0.2) is 33.3 Å². The van der Waals surface area contributed by atoms with E-state index in [9.17, 15) is 5.11 Å². The normalized spacial score (nSPS) is 13.6. The maximum Gasteiger partial charge on any atom is 0.111 e. The van der Waals surface area contributed by atoms with Gasteiger partial charge in [0.25, 0.3) is 0 Å². The third kappa shape index (κ3) is 4.48. The number of aliphatic hydroxyl groups excluding tert-OH is 1. The van der Waals surface area contributed by atoms with Gasteiger partial charge in [0.1, 0.15) is 5.82 Å². The van der Waals surface area contributed by atoms with Crippen LogP contribution in [0.1, 0.15) is 45.9 Å². The molecule has 0 bridgehead atoms. The van der Waals surface area contributed by atoms with Crippen LogP contribution in [0.5, 0.6) is 0 Å². The molecule has 17 heavy (non-hydrogen) atoms. The summed E-state index contributed by atoms with van der Waals surface area (Å²) in [6, 6.07) is 0.567. The fourth-order valence-electron chi connectivity index (χ4n) is 2.00. The first-order valence-corrected chi connectivity index (χ1v) is 6.42. The molecule has 4 nitrogen and oxygen atoms in total. The summed E-state index contributed by atoms with van der Waals surface area (Å²) in [5.41, 5.74) is 0. The van der Waals surface area contributed by atoms with Crippen molar-refractivity contribution >= 4 is 0 Å². The second kappa shape index (κ2) is 6.77. The lowest BCUT2D eigenvalue weighted by Crippen LogP contribution is -2.38. The molecule has 1 heterocycles. The van der Waals surface area contributed by atoms with E-state index in [1.54, 1.807) is 0 Å². The highest BCUT2D eigenvalue weighted by Crippen LogP contribution is 2.12. The lowest BCUT2D eigenvalue weighted by molar-refractivity contribution is 0.223. The molecule has 1 aromatic heterocycles. The van der Waals surface area contributed by atoms with Gasteiger partial charge in [0, 0.05) is 36.9 Å². The van der Waals surface area contributed by atoms with Gasteiger partial charge in [0.2, 0.25) is 0 Å². The van der Waals surface area contributed by atoms with Gasteiger partial charge in [-0.1, -0.05) is 27.7 Å². The Morgan fingerprint density at radius 2 is 2.06 bits per heavy atom. The van der Waals surface area contributed by atoms with Crippen molar-refractivity contribution in [2.45, 2.75) is 58.7 Å². The highest BCUT2D eigenvalue weighted by Gasteiger charge is 2.11. The van der Waals surface area contributed by atoms with Gasteiger partial charge in [-0.3, -0.25) is 0 Å². The van der Waals surface area contributed by atoms with Crippen molar-refractivity contribution in [3.05, 3.63) is 18.2 Å². The maximum absolute atomic E-state index is 9.29. The van der Waals surface area contributed by atoms with E-state index in [-0.39, 0.29) is 12.6 Å².